The summed E-state index contributed by atoms with van der Waals surface area (Å²) in [7, 11) is 1.67. The first-order chi connectivity index (χ1) is 18.2. The van der Waals surface area contributed by atoms with E-state index in [4.69, 9.17) is 23.2 Å². The SMILES string of the molecule is CN(C(=O)Cc1cccc(F)c1F)[C@H]1CN(C(=O)C2CCN(CC3CC3)CC2)C[C@@H]1c1ccc(Cl)c(Cl)c1. The number of rotatable bonds is 7. The second-order valence-corrected chi connectivity index (χ2v) is 11.8. The largest absolute Gasteiger partial charge is 0.340 e. The lowest BCUT2D eigenvalue weighted by Crippen LogP contribution is -2.45. The summed E-state index contributed by atoms with van der Waals surface area (Å²) >= 11 is 12.5. The highest BCUT2D eigenvalue weighted by atomic mass is 35.5. The third-order valence-electron chi connectivity index (χ3n) is 8.39. The topological polar surface area (TPSA) is 43.9 Å². The number of carbonyl (C=O) groups excluding carboxylic acids is 2. The van der Waals surface area contributed by atoms with Crippen molar-refractivity contribution in [2.45, 2.75) is 44.1 Å². The van der Waals surface area contributed by atoms with Crippen LogP contribution in [0.3, 0.4) is 0 Å². The maximum absolute atomic E-state index is 14.3. The summed E-state index contributed by atoms with van der Waals surface area (Å²) in [5, 5.41) is 0.841. The third-order valence-corrected chi connectivity index (χ3v) is 9.13. The molecule has 3 fully saturated rings. The van der Waals surface area contributed by atoms with E-state index in [0.29, 0.717) is 23.1 Å². The summed E-state index contributed by atoms with van der Waals surface area (Å²) in [6.07, 6.45) is 4.07. The molecule has 2 aromatic rings. The highest BCUT2D eigenvalue weighted by Gasteiger charge is 2.42. The fourth-order valence-corrected chi connectivity index (χ4v) is 6.18. The number of carbonyl (C=O) groups is 2. The van der Waals surface area contributed by atoms with Crippen LogP contribution < -0.4 is 0 Å². The molecule has 0 bridgehead atoms. The van der Waals surface area contributed by atoms with Gasteiger partial charge in [-0.3, -0.25) is 9.59 Å². The van der Waals surface area contributed by atoms with Crippen LogP contribution in [-0.4, -0.2) is 72.3 Å². The molecule has 204 valence electrons. The van der Waals surface area contributed by atoms with Gasteiger partial charge in [-0.2, -0.15) is 0 Å². The first kappa shape index (κ1) is 27.4. The van der Waals surface area contributed by atoms with Gasteiger partial charge in [0.05, 0.1) is 22.5 Å². The summed E-state index contributed by atoms with van der Waals surface area (Å²) in [6.45, 7) is 3.86. The molecule has 38 heavy (non-hydrogen) atoms. The number of nitrogens with zero attached hydrogens (tertiary/aromatic N) is 3. The van der Waals surface area contributed by atoms with Crippen LogP contribution in [0.15, 0.2) is 36.4 Å². The Morgan fingerprint density at radius 1 is 1.00 bits per heavy atom. The van der Waals surface area contributed by atoms with Crippen molar-refractivity contribution in [2.24, 2.45) is 11.8 Å². The highest BCUT2D eigenvalue weighted by molar-refractivity contribution is 6.42. The first-order valence-corrected chi connectivity index (χ1v) is 14.1. The van der Waals surface area contributed by atoms with E-state index < -0.39 is 11.6 Å². The Labute approximate surface area is 232 Å². The van der Waals surface area contributed by atoms with Gasteiger partial charge in [-0.1, -0.05) is 41.4 Å². The van der Waals surface area contributed by atoms with Gasteiger partial charge < -0.3 is 14.7 Å². The molecule has 2 atom stereocenters. The van der Waals surface area contributed by atoms with Crippen LogP contribution >= 0.6 is 23.2 Å². The van der Waals surface area contributed by atoms with Crippen LogP contribution in [0.4, 0.5) is 8.78 Å². The van der Waals surface area contributed by atoms with E-state index in [2.05, 4.69) is 4.90 Å². The lowest BCUT2D eigenvalue weighted by Gasteiger charge is -2.33. The minimum atomic E-state index is -1.01. The zero-order valence-electron chi connectivity index (χ0n) is 21.5. The number of likely N-dealkylation sites (tertiary alicyclic amines) is 2. The molecule has 2 aromatic carbocycles. The van der Waals surface area contributed by atoms with E-state index in [1.807, 2.05) is 11.0 Å². The van der Waals surface area contributed by atoms with Crippen LogP contribution in [0.5, 0.6) is 0 Å². The molecule has 2 saturated heterocycles. The van der Waals surface area contributed by atoms with Gasteiger partial charge in [-0.15, -0.1) is 0 Å². The molecule has 0 radical (unpaired) electrons. The second kappa shape index (κ2) is 11.5. The number of likely N-dealkylation sites (N-methyl/N-ethyl adjacent to an activating group) is 1. The number of hydrogen-bond acceptors (Lipinski definition) is 3. The molecule has 5 nitrogen and oxygen atoms in total. The normalized spacial score (nSPS) is 22.6. The molecule has 3 aliphatic rings. The second-order valence-electron chi connectivity index (χ2n) is 11.0. The van der Waals surface area contributed by atoms with Crippen LogP contribution in [0.1, 0.15) is 42.7 Å². The van der Waals surface area contributed by atoms with E-state index in [-0.39, 0.29) is 41.7 Å². The van der Waals surface area contributed by atoms with Gasteiger partial charge in [0.1, 0.15) is 0 Å². The van der Waals surface area contributed by atoms with Crippen molar-refractivity contribution in [1.29, 1.82) is 0 Å². The number of halogens is 4. The van der Waals surface area contributed by atoms with Gasteiger partial charge in [-0.25, -0.2) is 8.78 Å². The van der Waals surface area contributed by atoms with E-state index in [0.717, 1.165) is 50.0 Å². The van der Waals surface area contributed by atoms with Crippen molar-refractivity contribution < 1.29 is 18.4 Å². The average molecular weight is 565 g/mol. The number of hydrogen-bond donors (Lipinski definition) is 0. The molecular formula is C29H33Cl2F2N3O2. The van der Waals surface area contributed by atoms with Gasteiger partial charge in [0.15, 0.2) is 11.6 Å². The standard InChI is InChI=1S/C29H33Cl2F2N3O2/c1-34(27(37)14-21-3-2-4-25(32)28(21)33)26-17-36(16-22(26)20-7-8-23(30)24(31)13-20)29(38)19-9-11-35(12-10-19)15-18-5-6-18/h2-4,7-8,13,18-19,22,26H,5-6,9-12,14-17H2,1H3/t22-,26+/m1/s1. The van der Waals surface area contributed by atoms with Gasteiger partial charge in [-0.05, 0) is 68.5 Å². The zero-order chi connectivity index (χ0) is 27.0. The zero-order valence-corrected chi connectivity index (χ0v) is 23.0. The number of piperidine rings is 1. The molecule has 2 heterocycles. The smallest absolute Gasteiger partial charge is 0.227 e. The fourth-order valence-electron chi connectivity index (χ4n) is 5.87. The van der Waals surface area contributed by atoms with Crippen molar-refractivity contribution in [2.75, 3.05) is 39.8 Å². The molecule has 1 saturated carbocycles. The van der Waals surface area contributed by atoms with Crippen molar-refractivity contribution in [3.63, 3.8) is 0 Å². The molecule has 2 amide bonds. The van der Waals surface area contributed by atoms with Crippen LogP contribution in [0.2, 0.25) is 10.0 Å². The van der Waals surface area contributed by atoms with Gasteiger partial charge >= 0.3 is 0 Å². The molecule has 0 N–H and O–H groups in total. The molecule has 1 aliphatic carbocycles. The van der Waals surface area contributed by atoms with E-state index in [1.165, 1.54) is 25.0 Å². The quantitative estimate of drug-likeness (QED) is 0.453. The third kappa shape index (κ3) is 6.00. The van der Waals surface area contributed by atoms with E-state index in [9.17, 15) is 18.4 Å². The van der Waals surface area contributed by atoms with Crippen molar-refractivity contribution in [3.8, 4) is 0 Å². The Balaban J connectivity index is 1.31. The number of amides is 2. The molecule has 0 spiro atoms. The molecule has 0 aromatic heterocycles. The lowest BCUT2D eigenvalue weighted by molar-refractivity contribution is -0.137. The predicted octanol–water partition coefficient (Wildman–Crippen LogP) is 5.39. The van der Waals surface area contributed by atoms with E-state index in [1.54, 1.807) is 24.1 Å². The fraction of sp³-hybridized carbons (Fsp3) is 0.517. The Bertz CT molecular complexity index is 1200. The maximum Gasteiger partial charge on any atom is 0.227 e. The average Bonchev–Trinajstić information content (AvgIpc) is 3.61. The monoisotopic (exact) mass is 563 g/mol. The summed E-state index contributed by atoms with van der Waals surface area (Å²) in [4.78, 5) is 32.8. The molecular weight excluding hydrogens is 531 g/mol. The Morgan fingerprint density at radius 3 is 2.42 bits per heavy atom. The van der Waals surface area contributed by atoms with Crippen LogP contribution in [-0.2, 0) is 16.0 Å². The maximum atomic E-state index is 14.3. The highest BCUT2D eigenvalue weighted by Crippen LogP contribution is 2.36. The summed E-state index contributed by atoms with van der Waals surface area (Å²) < 4.78 is 28.0. The minimum absolute atomic E-state index is 0.0109. The Kier molecular flexibility index (Phi) is 8.27. The number of benzene rings is 2. The molecule has 0 unspecified atom stereocenters. The summed E-state index contributed by atoms with van der Waals surface area (Å²) in [6, 6.07) is 8.89. The van der Waals surface area contributed by atoms with Gasteiger partial charge in [0.2, 0.25) is 11.8 Å². The van der Waals surface area contributed by atoms with Gasteiger partial charge in [0.25, 0.3) is 0 Å². The Morgan fingerprint density at radius 2 is 1.74 bits per heavy atom. The summed E-state index contributed by atoms with van der Waals surface area (Å²) in [5.41, 5.74) is 0.896. The lowest BCUT2D eigenvalue weighted by atomic mass is 9.93. The van der Waals surface area contributed by atoms with Crippen molar-refractivity contribution >= 4 is 35.0 Å². The predicted molar refractivity (Wildman–Crippen MR) is 144 cm³/mol. The summed E-state index contributed by atoms with van der Waals surface area (Å²) in [5.74, 6) is -1.58. The van der Waals surface area contributed by atoms with Crippen molar-refractivity contribution in [1.82, 2.24) is 14.7 Å². The molecule has 9 heteroatoms. The minimum Gasteiger partial charge on any atom is -0.340 e. The van der Waals surface area contributed by atoms with Crippen LogP contribution in [0.25, 0.3) is 0 Å². The molecule has 5 rings (SSSR count). The first-order valence-electron chi connectivity index (χ1n) is 13.4. The van der Waals surface area contributed by atoms with Crippen LogP contribution in [0, 0.1) is 23.5 Å². The Hall–Kier alpha value is -2.22. The molecule has 2 aliphatic heterocycles. The van der Waals surface area contributed by atoms with Gasteiger partial charge in [0, 0.05) is 44.1 Å². The van der Waals surface area contributed by atoms with Crippen molar-refractivity contribution in [3.05, 3.63) is 69.2 Å². The van der Waals surface area contributed by atoms with E-state index >= 15 is 0 Å².